The smallest absolute Gasteiger partial charge is 0.227 e. The minimum Gasteiger partial charge on any atom is -0.456 e. The van der Waals surface area contributed by atoms with Crippen molar-refractivity contribution in [2.45, 2.75) is 0 Å². The van der Waals surface area contributed by atoms with E-state index in [-0.39, 0.29) is 0 Å². The summed E-state index contributed by atoms with van der Waals surface area (Å²) in [6, 6.07) is 72.6. The number of hydrogen-bond donors (Lipinski definition) is 0. The van der Waals surface area contributed by atoms with Crippen molar-refractivity contribution in [2.24, 2.45) is 0 Å². The number of anilines is 3. The molecule has 0 saturated carbocycles. The number of furan rings is 1. The fourth-order valence-corrected chi connectivity index (χ4v) is 8.11. The van der Waals surface area contributed by atoms with E-state index in [1.165, 1.54) is 5.56 Å². The zero-order valence-electron chi connectivity index (χ0n) is 30.8. The van der Waals surface area contributed by atoms with E-state index >= 15 is 0 Å². The lowest BCUT2D eigenvalue weighted by Gasteiger charge is -2.29. The predicted octanol–water partition coefficient (Wildman–Crippen LogP) is 15.0. The van der Waals surface area contributed by atoms with E-state index in [0.29, 0.717) is 5.89 Å². The highest BCUT2D eigenvalue weighted by atomic mass is 16.3. The molecule has 0 radical (unpaired) electrons. The lowest BCUT2D eigenvalue weighted by molar-refractivity contribution is 0.619. The molecule has 4 nitrogen and oxygen atoms in total. The van der Waals surface area contributed by atoms with E-state index < -0.39 is 0 Å². The average Bonchev–Trinajstić information content (AvgIpc) is 3.89. The van der Waals surface area contributed by atoms with Gasteiger partial charge in [-0.05, 0) is 105 Å². The van der Waals surface area contributed by atoms with Crippen LogP contribution < -0.4 is 4.90 Å². The first-order valence-corrected chi connectivity index (χ1v) is 19.2. The Hall–Kier alpha value is -7.69. The molecule has 11 aromatic rings. The second kappa shape index (κ2) is 13.6. The maximum Gasteiger partial charge on any atom is 0.227 e. The van der Waals surface area contributed by atoms with Gasteiger partial charge in [-0.1, -0.05) is 140 Å². The van der Waals surface area contributed by atoms with Crippen LogP contribution in [0.4, 0.5) is 17.1 Å². The molecule has 0 atom stereocenters. The Balaban J connectivity index is 1.20. The Morgan fingerprint density at radius 1 is 0.351 bits per heavy atom. The fourth-order valence-electron chi connectivity index (χ4n) is 8.11. The van der Waals surface area contributed by atoms with E-state index in [0.717, 1.165) is 94.3 Å². The predicted molar refractivity (Wildman–Crippen MR) is 235 cm³/mol. The van der Waals surface area contributed by atoms with Crippen LogP contribution in [0.5, 0.6) is 0 Å². The van der Waals surface area contributed by atoms with Crippen molar-refractivity contribution in [2.75, 3.05) is 4.90 Å². The first kappa shape index (κ1) is 32.7. The van der Waals surface area contributed by atoms with E-state index in [1.807, 2.05) is 24.3 Å². The third-order valence-corrected chi connectivity index (χ3v) is 10.8. The van der Waals surface area contributed by atoms with Gasteiger partial charge in [-0.2, -0.15) is 0 Å². The van der Waals surface area contributed by atoms with Crippen molar-refractivity contribution < 1.29 is 8.83 Å². The molecule has 57 heavy (non-hydrogen) atoms. The number of oxazole rings is 1. The topological polar surface area (TPSA) is 42.4 Å². The van der Waals surface area contributed by atoms with Crippen molar-refractivity contribution in [1.29, 1.82) is 0 Å². The summed E-state index contributed by atoms with van der Waals surface area (Å²) in [6.07, 6.45) is 0. The van der Waals surface area contributed by atoms with Gasteiger partial charge in [-0.3, -0.25) is 0 Å². The first-order chi connectivity index (χ1) is 28.2. The van der Waals surface area contributed by atoms with Gasteiger partial charge in [0, 0.05) is 27.7 Å². The summed E-state index contributed by atoms with van der Waals surface area (Å²) < 4.78 is 13.0. The van der Waals surface area contributed by atoms with E-state index in [2.05, 4.69) is 187 Å². The van der Waals surface area contributed by atoms with E-state index in [9.17, 15) is 0 Å². The van der Waals surface area contributed by atoms with E-state index in [1.54, 1.807) is 0 Å². The molecular weight excluding hydrogens is 697 g/mol. The number of aromatic nitrogens is 1. The molecule has 0 fully saturated rings. The van der Waals surface area contributed by atoms with Crippen molar-refractivity contribution in [3.63, 3.8) is 0 Å². The molecule has 0 aliphatic carbocycles. The molecule has 11 rings (SSSR count). The van der Waals surface area contributed by atoms with Crippen molar-refractivity contribution in [3.8, 4) is 44.8 Å². The van der Waals surface area contributed by atoms with Crippen LogP contribution in [-0.4, -0.2) is 4.98 Å². The fraction of sp³-hybridized carbons (Fsp3) is 0. The lowest BCUT2D eigenvalue weighted by Crippen LogP contribution is -2.11. The van der Waals surface area contributed by atoms with Crippen molar-refractivity contribution >= 4 is 60.9 Å². The second-order valence-corrected chi connectivity index (χ2v) is 14.4. The molecule has 2 heterocycles. The maximum absolute atomic E-state index is 6.83. The van der Waals surface area contributed by atoms with Crippen LogP contribution in [0.25, 0.3) is 88.6 Å². The molecular formula is C53H34N2O2. The Morgan fingerprint density at radius 2 is 0.930 bits per heavy atom. The monoisotopic (exact) mass is 730 g/mol. The van der Waals surface area contributed by atoms with Crippen LogP contribution in [0.1, 0.15) is 0 Å². The molecule has 0 aliphatic rings. The van der Waals surface area contributed by atoms with Crippen molar-refractivity contribution in [1.82, 2.24) is 4.98 Å². The van der Waals surface area contributed by atoms with Crippen LogP contribution >= 0.6 is 0 Å². The van der Waals surface area contributed by atoms with Gasteiger partial charge in [-0.25, -0.2) is 4.98 Å². The van der Waals surface area contributed by atoms with Crippen LogP contribution in [0, 0.1) is 0 Å². The highest BCUT2D eigenvalue weighted by Crippen LogP contribution is 2.49. The zero-order valence-corrected chi connectivity index (χ0v) is 30.8. The molecule has 4 heteroatoms. The van der Waals surface area contributed by atoms with Gasteiger partial charge in [0.25, 0.3) is 0 Å². The third-order valence-electron chi connectivity index (χ3n) is 10.8. The number of rotatable bonds is 7. The second-order valence-electron chi connectivity index (χ2n) is 14.4. The number of nitrogens with zero attached hydrogens (tertiary/aromatic N) is 2. The zero-order chi connectivity index (χ0) is 37.7. The minimum atomic E-state index is 0.565. The standard InChI is InChI=1S/C53H34N2O2/c1-4-14-35(15-5-1)38-24-27-43(28-25-38)55(44-31-41(36-16-6-2-7-17-36)30-42(32-44)37-18-8-3-9-19-37)52-45-21-11-10-20-39(45)33-50-51(52)46-29-26-40(34-49(46)56-50)53-54-47-22-12-13-23-48(47)57-53/h1-34H. The first-order valence-electron chi connectivity index (χ1n) is 19.2. The molecule has 0 unspecified atom stereocenters. The van der Waals surface area contributed by atoms with Gasteiger partial charge in [0.1, 0.15) is 16.7 Å². The highest BCUT2D eigenvalue weighted by molar-refractivity contribution is 6.22. The SMILES string of the molecule is c1ccc(-c2ccc(N(c3cc(-c4ccccc4)cc(-c4ccccc4)c3)c3c4ccccc4cc4oc5cc(-c6nc7ccccc7o6)ccc5c34)cc2)cc1. The third kappa shape index (κ3) is 5.83. The minimum absolute atomic E-state index is 0.565. The highest BCUT2D eigenvalue weighted by Gasteiger charge is 2.24. The molecule has 0 saturated heterocycles. The number of para-hydroxylation sites is 2. The summed E-state index contributed by atoms with van der Waals surface area (Å²) in [7, 11) is 0. The summed E-state index contributed by atoms with van der Waals surface area (Å²) in [4.78, 5) is 7.21. The quantitative estimate of drug-likeness (QED) is 0.164. The van der Waals surface area contributed by atoms with Crippen LogP contribution in [0.3, 0.4) is 0 Å². The summed E-state index contributed by atoms with van der Waals surface area (Å²) in [6.45, 7) is 0. The molecule has 0 amide bonds. The molecule has 2 aromatic heterocycles. The molecule has 0 spiro atoms. The Labute approximate surface area is 329 Å². The average molecular weight is 731 g/mol. The molecule has 0 bridgehead atoms. The molecule has 268 valence electrons. The van der Waals surface area contributed by atoms with Gasteiger partial charge < -0.3 is 13.7 Å². The Morgan fingerprint density at radius 3 is 1.61 bits per heavy atom. The largest absolute Gasteiger partial charge is 0.456 e. The summed E-state index contributed by atoms with van der Waals surface area (Å²) in [5, 5.41) is 4.26. The lowest BCUT2D eigenvalue weighted by atomic mass is 9.96. The maximum atomic E-state index is 6.83. The van der Waals surface area contributed by atoms with Crippen LogP contribution in [0.2, 0.25) is 0 Å². The van der Waals surface area contributed by atoms with Gasteiger partial charge in [0.15, 0.2) is 5.58 Å². The van der Waals surface area contributed by atoms with Gasteiger partial charge in [-0.15, -0.1) is 0 Å². The molecule has 0 N–H and O–H groups in total. The van der Waals surface area contributed by atoms with Crippen molar-refractivity contribution in [3.05, 3.63) is 206 Å². The Bertz CT molecular complexity index is 3130. The normalized spacial score (nSPS) is 11.5. The summed E-state index contributed by atoms with van der Waals surface area (Å²) in [5.74, 6) is 0.565. The van der Waals surface area contributed by atoms with E-state index in [4.69, 9.17) is 13.8 Å². The van der Waals surface area contributed by atoms with Gasteiger partial charge in [0.2, 0.25) is 5.89 Å². The number of benzene rings is 9. The summed E-state index contributed by atoms with van der Waals surface area (Å²) in [5.41, 5.74) is 14.1. The van der Waals surface area contributed by atoms with Gasteiger partial charge >= 0.3 is 0 Å². The van der Waals surface area contributed by atoms with Crippen LogP contribution in [-0.2, 0) is 0 Å². The number of fused-ring (bicyclic) bond motifs is 5. The van der Waals surface area contributed by atoms with Crippen LogP contribution in [0.15, 0.2) is 215 Å². The molecule has 9 aromatic carbocycles. The molecule has 0 aliphatic heterocycles. The summed E-state index contributed by atoms with van der Waals surface area (Å²) >= 11 is 0. The Kier molecular flexibility index (Phi) is 7.78. The van der Waals surface area contributed by atoms with Gasteiger partial charge in [0.05, 0.1) is 11.1 Å². The number of hydrogen-bond acceptors (Lipinski definition) is 4.